The molecule has 4 heteroatoms. The predicted molar refractivity (Wildman–Crippen MR) is 61.1 cm³/mol. The Morgan fingerprint density at radius 1 is 1.31 bits per heavy atom. The van der Waals surface area contributed by atoms with Crippen LogP contribution in [0.3, 0.4) is 0 Å². The van der Waals surface area contributed by atoms with Crippen molar-refractivity contribution in [2.45, 2.75) is 6.04 Å². The minimum Gasteiger partial charge on any atom is -0.468 e. The van der Waals surface area contributed by atoms with Crippen molar-refractivity contribution in [3.63, 3.8) is 0 Å². The summed E-state index contributed by atoms with van der Waals surface area (Å²) in [5.41, 5.74) is 1.09. The van der Waals surface area contributed by atoms with Gasteiger partial charge in [-0.05, 0) is 5.56 Å². The van der Waals surface area contributed by atoms with Crippen LogP contribution in [0.25, 0.3) is 0 Å². The van der Waals surface area contributed by atoms with E-state index in [0.29, 0.717) is 6.61 Å². The molecule has 0 aliphatic rings. The number of esters is 1. The van der Waals surface area contributed by atoms with Crippen LogP contribution in [0.2, 0.25) is 0 Å². The van der Waals surface area contributed by atoms with E-state index in [1.54, 1.807) is 7.11 Å². The van der Waals surface area contributed by atoms with Crippen LogP contribution >= 0.6 is 0 Å². The Bertz CT molecular complexity index is 313. The molecular formula is C12H17NO3. The van der Waals surface area contributed by atoms with E-state index in [4.69, 9.17) is 4.74 Å². The van der Waals surface area contributed by atoms with Gasteiger partial charge in [-0.1, -0.05) is 30.3 Å². The molecule has 1 aromatic carbocycles. The molecule has 1 unspecified atom stereocenters. The van der Waals surface area contributed by atoms with Gasteiger partial charge in [-0.15, -0.1) is 0 Å². The Morgan fingerprint density at radius 3 is 2.56 bits per heavy atom. The topological polar surface area (TPSA) is 47.6 Å². The molecule has 4 nitrogen and oxygen atoms in total. The lowest BCUT2D eigenvalue weighted by Gasteiger charge is -2.17. The predicted octanol–water partition coefficient (Wildman–Crippen LogP) is 1.14. The largest absolute Gasteiger partial charge is 0.468 e. The second-order valence-electron chi connectivity index (χ2n) is 3.38. The normalized spacial score (nSPS) is 12.1. The zero-order chi connectivity index (χ0) is 11.8. The number of benzene rings is 1. The SMILES string of the molecule is COCC(NCC(=O)OC)c1ccccc1. The highest BCUT2D eigenvalue weighted by molar-refractivity contribution is 5.71. The van der Waals surface area contributed by atoms with Gasteiger partial charge in [0.05, 0.1) is 26.3 Å². The summed E-state index contributed by atoms with van der Waals surface area (Å²) in [5.74, 6) is -0.281. The molecule has 88 valence electrons. The molecule has 1 rings (SSSR count). The lowest BCUT2D eigenvalue weighted by Crippen LogP contribution is -2.30. The average molecular weight is 223 g/mol. The molecular weight excluding hydrogens is 206 g/mol. The number of ether oxygens (including phenoxy) is 2. The zero-order valence-electron chi connectivity index (χ0n) is 9.60. The van der Waals surface area contributed by atoms with Crippen LogP contribution < -0.4 is 5.32 Å². The van der Waals surface area contributed by atoms with Crippen LogP contribution in [0.4, 0.5) is 0 Å². The van der Waals surface area contributed by atoms with Crippen LogP contribution in [-0.2, 0) is 14.3 Å². The van der Waals surface area contributed by atoms with E-state index < -0.39 is 0 Å². The summed E-state index contributed by atoms with van der Waals surface area (Å²) >= 11 is 0. The fourth-order valence-corrected chi connectivity index (χ4v) is 1.40. The molecule has 1 N–H and O–H groups in total. The molecule has 0 aliphatic carbocycles. The van der Waals surface area contributed by atoms with Gasteiger partial charge in [-0.25, -0.2) is 0 Å². The van der Waals surface area contributed by atoms with E-state index in [2.05, 4.69) is 10.1 Å². The number of carbonyl (C=O) groups excluding carboxylic acids is 1. The molecule has 0 aliphatic heterocycles. The number of hydrogen-bond donors (Lipinski definition) is 1. The lowest BCUT2D eigenvalue weighted by molar-refractivity contribution is -0.139. The Morgan fingerprint density at radius 2 is 2.00 bits per heavy atom. The number of methoxy groups -OCH3 is 2. The molecule has 0 fully saturated rings. The van der Waals surface area contributed by atoms with Gasteiger partial charge in [0.25, 0.3) is 0 Å². The van der Waals surface area contributed by atoms with Gasteiger partial charge < -0.3 is 9.47 Å². The molecule has 1 atom stereocenters. The highest BCUT2D eigenvalue weighted by Gasteiger charge is 2.11. The minimum atomic E-state index is -0.281. The van der Waals surface area contributed by atoms with Gasteiger partial charge >= 0.3 is 5.97 Å². The summed E-state index contributed by atoms with van der Waals surface area (Å²) in [6.07, 6.45) is 0. The van der Waals surface area contributed by atoms with E-state index in [-0.39, 0.29) is 18.6 Å². The third-order valence-electron chi connectivity index (χ3n) is 2.26. The van der Waals surface area contributed by atoms with Crippen molar-refractivity contribution in [1.82, 2.24) is 5.32 Å². The van der Waals surface area contributed by atoms with E-state index in [1.165, 1.54) is 7.11 Å². The van der Waals surface area contributed by atoms with Crippen molar-refractivity contribution >= 4 is 5.97 Å². The summed E-state index contributed by atoms with van der Waals surface area (Å²) in [4.78, 5) is 11.0. The van der Waals surface area contributed by atoms with Crippen molar-refractivity contribution in [2.75, 3.05) is 27.4 Å². The fourth-order valence-electron chi connectivity index (χ4n) is 1.40. The maximum absolute atomic E-state index is 11.0. The summed E-state index contributed by atoms with van der Waals surface area (Å²) in [7, 11) is 3.01. The van der Waals surface area contributed by atoms with Gasteiger partial charge in [0.1, 0.15) is 0 Å². The van der Waals surface area contributed by atoms with Crippen LogP contribution in [0.5, 0.6) is 0 Å². The van der Waals surface area contributed by atoms with Crippen molar-refractivity contribution in [1.29, 1.82) is 0 Å². The minimum absolute atomic E-state index is 0.00491. The first-order chi connectivity index (χ1) is 7.77. The molecule has 0 bridgehead atoms. The Balaban J connectivity index is 2.57. The van der Waals surface area contributed by atoms with E-state index in [0.717, 1.165) is 5.56 Å². The monoisotopic (exact) mass is 223 g/mol. The first-order valence-electron chi connectivity index (χ1n) is 5.12. The highest BCUT2D eigenvalue weighted by Crippen LogP contribution is 2.12. The van der Waals surface area contributed by atoms with Crippen LogP contribution in [0.15, 0.2) is 30.3 Å². The number of carbonyl (C=O) groups is 1. The fraction of sp³-hybridized carbons (Fsp3) is 0.417. The smallest absolute Gasteiger partial charge is 0.319 e. The Hall–Kier alpha value is -1.39. The number of nitrogens with one attached hydrogen (secondary N) is 1. The summed E-state index contributed by atoms with van der Waals surface area (Å²) in [6.45, 7) is 0.695. The second-order valence-corrected chi connectivity index (χ2v) is 3.38. The Labute approximate surface area is 95.6 Å². The molecule has 0 aromatic heterocycles. The van der Waals surface area contributed by atoms with Gasteiger partial charge in [0.2, 0.25) is 0 Å². The van der Waals surface area contributed by atoms with Gasteiger partial charge in [0, 0.05) is 7.11 Å². The molecule has 0 amide bonds. The summed E-state index contributed by atoms with van der Waals surface area (Å²) < 4.78 is 9.68. The third kappa shape index (κ3) is 4.00. The second kappa shape index (κ2) is 6.98. The van der Waals surface area contributed by atoms with Crippen LogP contribution in [0.1, 0.15) is 11.6 Å². The molecule has 0 radical (unpaired) electrons. The first kappa shape index (κ1) is 12.7. The maximum Gasteiger partial charge on any atom is 0.319 e. The summed E-state index contributed by atoms with van der Waals surface area (Å²) in [6, 6.07) is 9.86. The zero-order valence-corrected chi connectivity index (χ0v) is 9.60. The quantitative estimate of drug-likeness (QED) is 0.735. The van der Waals surface area contributed by atoms with Crippen LogP contribution in [0, 0.1) is 0 Å². The standard InChI is InChI=1S/C12H17NO3/c1-15-9-11(13-8-12(14)16-2)10-6-4-3-5-7-10/h3-7,11,13H,8-9H2,1-2H3. The number of rotatable bonds is 6. The lowest BCUT2D eigenvalue weighted by atomic mass is 10.1. The maximum atomic E-state index is 11.0. The molecule has 1 aromatic rings. The van der Waals surface area contributed by atoms with Crippen molar-refractivity contribution in [3.05, 3.63) is 35.9 Å². The summed E-state index contributed by atoms with van der Waals surface area (Å²) in [5, 5.41) is 3.09. The van der Waals surface area contributed by atoms with E-state index in [9.17, 15) is 4.79 Å². The average Bonchev–Trinajstić information content (AvgIpc) is 2.35. The first-order valence-corrected chi connectivity index (χ1v) is 5.12. The molecule has 16 heavy (non-hydrogen) atoms. The molecule has 0 heterocycles. The van der Waals surface area contributed by atoms with E-state index >= 15 is 0 Å². The van der Waals surface area contributed by atoms with Gasteiger partial charge in [-0.3, -0.25) is 10.1 Å². The highest BCUT2D eigenvalue weighted by atomic mass is 16.5. The van der Waals surface area contributed by atoms with Gasteiger partial charge in [-0.2, -0.15) is 0 Å². The molecule has 0 saturated heterocycles. The van der Waals surface area contributed by atoms with Crippen molar-refractivity contribution in [3.8, 4) is 0 Å². The molecule has 0 spiro atoms. The van der Waals surface area contributed by atoms with Crippen molar-refractivity contribution in [2.24, 2.45) is 0 Å². The van der Waals surface area contributed by atoms with Crippen molar-refractivity contribution < 1.29 is 14.3 Å². The number of hydrogen-bond acceptors (Lipinski definition) is 4. The van der Waals surface area contributed by atoms with Gasteiger partial charge in [0.15, 0.2) is 0 Å². The van der Waals surface area contributed by atoms with Crippen LogP contribution in [-0.4, -0.2) is 33.3 Å². The molecule has 0 saturated carbocycles. The Kier molecular flexibility index (Phi) is 5.53. The van der Waals surface area contributed by atoms with E-state index in [1.807, 2.05) is 30.3 Å². The third-order valence-corrected chi connectivity index (χ3v) is 2.26.